The minimum Gasteiger partial charge on any atom is -0.497 e. The summed E-state index contributed by atoms with van der Waals surface area (Å²) in [5.41, 5.74) is 2.82. The third-order valence-corrected chi connectivity index (χ3v) is 13.2. The van der Waals surface area contributed by atoms with E-state index >= 15 is 0 Å². The number of esters is 1. The van der Waals surface area contributed by atoms with E-state index in [9.17, 15) is 9.90 Å². The van der Waals surface area contributed by atoms with E-state index in [0.717, 1.165) is 22.4 Å². The Labute approximate surface area is 268 Å². The molecule has 1 N–H and O–H groups in total. The zero-order chi connectivity index (χ0) is 32.6. The molecule has 0 aliphatic heterocycles. The molecule has 8 nitrogen and oxygen atoms in total. The van der Waals surface area contributed by atoms with Gasteiger partial charge in [-0.05, 0) is 47.0 Å². The lowest BCUT2D eigenvalue weighted by molar-refractivity contribution is -0.264. The Bertz CT molecular complexity index is 1330. The Hall–Kier alpha value is -3.05. The molecule has 0 spiro atoms. The number of aliphatic hydroxyl groups is 1. The Balaban J connectivity index is 1.76. The average Bonchev–Trinajstić information content (AvgIpc) is 3.01. The van der Waals surface area contributed by atoms with E-state index in [2.05, 4.69) is 33.9 Å². The molecule has 6 atom stereocenters. The standard InChI is InChI=1S/C36H48O8Si/c1-25(37)43-32-30(38)31(40-22-26-14-10-8-11-15-26)33(41-23-27-16-12-9-13-17-27)34(35(32)44-45(6,7)36(2,3)4)42-24-28-18-20-29(39-5)21-19-28/h8-21,30-35,38H,22-24H2,1-7H3/t30-,31-,32+,33+,34-,35-/m0/s1. The number of hydrogen-bond donors (Lipinski definition) is 1. The van der Waals surface area contributed by atoms with Crippen LogP contribution in [0.25, 0.3) is 0 Å². The number of carbonyl (C=O) groups is 1. The minimum absolute atomic E-state index is 0.166. The monoisotopic (exact) mass is 636 g/mol. The van der Waals surface area contributed by atoms with Crippen LogP contribution in [0.3, 0.4) is 0 Å². The van der Waals surface area contributed by atoms with Crippen molar-refractivity contribution in [1.29, 1.82) is 0 Å². The van der Waals surface area contributed by atoms with Crippen molar-refractivity contribution in [2.45, 2.75) is 102 Å². The van der Waals surface area contributed by atoms with Crippen molar-refractivity contribution < 1.29 is 38.0 Å². The second-order valence-corrected chi connectivity index (χ2v) is 17.8. The topological polar surface area (TPSA) is 92.7 Å². The fourth-order valence-electron chi connectivity index (χ4n) is 5.14. The van der Waals surface area contributed by atoms with Crippen molar-refractivity contribution in [3.63, 3.8) is 0 Å². The number of carbonyl (C=O) groups excluding carboxylic acids is 1. The van der Waals surface area contributed by atoms with Gasteiger partial charge in [0.15, 0.2) is 14.4 Å². The first-order valence-electron chi connectivity index (χ1n) is 15.5. The lowest BCUT2D eigenvalue weighted by Crippen LogP contribution is -2.69. The summed E-state index contributed by atoms with van der Waals surface area (Å²) in [7, 11) is -0.856. The summed E-state index contributed by atoms with van der Waals surface area (Å²) in [6, 6.07) is 27.2. The van der Waals surface area contributed by atoms with Crippen molar-refractivity contribution in [3.05, 3.63) is 102 Å². The lowest BCUT2D eigenvalue weighted by atomic mass is 9.84. The quantitative estimate of drug-likeness (QED) is 0.169. The highest BCUT2D eigenvalue weighted by atomic mass is 28.4. The maximum atomic E-state index is 12.5. The van der Waals surface area contributed by atoms with Gasteiger partial charge in [-0.3, -0.25) is 4.79 Å². The number of benzene rings is 3. The van der Waals surface area contributed by atoms with E-state index in [4.69, 9.17) is 28.1 Å². The molecule has 0 unspecified atom stereocenters. The maximum Gasteiger partial charge on any atom is 0.303 e. The predicted molar refractivity (Wildman–Crippen MR) is 175 cm³/mol. The van der Waals surface area contributed by atoms with Gasteiger partial charge in [0.05, 0.1) is 26.9 Å². The first kappa shape index (κ1) is 34.8. The van der Waals surface area contributed by atoms with Gasteiger partial charge in [0.25, 0.3) is 0 Å². The van der Waals surface area contributed by atoms with E-state index < -0.39 is 50.9 Å². The van der Waals surface area contributed by atoms with Crippen LogP contribution in [-0.4, -0.2) is 63.1 Å². The van der Waals surface area contributed by atoms with Gasteiger partial charge in [0.2, 0.25) is 0 Å². The summed E-state index contributed by atoms with van der Waals surface area (Å²) in [5.74, 6) is 0.217. The van der Waals surface area contributed by atoms with Crippen molar-refractivity contribution in [2.75, 3.05) is 7.11 Å². The van der Waals surface area contributed by atoms with Gasteiger partial charge in [-0.25, -0.2) is 0 Å². The maximum absolute atomic E-state index is 12.5. The molecule has 9 heteroatoms. The summed E-state index contributed by atoms with van der Waals surface area (Å²) in [5, 5.41) is 11.8. The van der Waals surface area contributed by atoms with Gasteiger partial charge >= 0.3 is 5.97 Å². The van der Waals surface area contributed by atoms with Gasteiger partial charge in [-0.1, -0.05) is 93.6 Å². The van der Waals surface area contributed by atoms with Crippen LogP contribution in [0.15, 0.2) is 84.9 Å². The molecule has 4 rings (SSSR count). The third kappa shape index (κ3) is 9.25. The minimum atomic E-state index is -2.48. The van der Waals surface area contributed by atoms with E-state index in [1.165, 1.54) is 6.92 Å². The number of rotatable bonds is 13. The van der Waals surface area contributed by atoms with E-state index in [1.54, 1.807) is 7.11 Å². The average molecular weight is 637 g/mol. The SMILES string of the molecule is COc1ccc(CO[C@@H]2[C@@H](O[Si](C)(C)C(C)(C)C)[C@H](OC(C)=O)[C@@H](O)[C@H](OCc3ccccc3)[C@H]2OCc2ccccc2)cc1. The first-order chi connectivity index (χ1) is 21.4. The molecule has 1 aliphatic carbocycles. The van der Waals surface area contributed by atoms with Gasteiger partial charge in [0.1, 0.15) is 36.3 Å². The number of ether oxygens (including phenoxy) is 5. The van der Waals surface area contributed by atoms with E-state index in [0.29, 0.717) is 0 Å². The normalized spacial score (nSPS) is 23.8. The van der Waals surface area contributed by atoms with Crippen LogP contribution in [0.2, 0.25) is 18.1 Å². The Morgan fingerprint density at radius 2 is 1.13 bits per heavy atom. The summed E-state index contributed by atoms with van der Waals surface area (Å²) < 4.78 is 37.9. The molecular weight excluding hydrogens is 588 g/mol. The van der Waals surface area contributed by atoms with Gasteiger partial charge < -0.3 is 33.2 Å². The highest BCUT2D eigenvalue weighted by Crippen LogP contribution is 2.41. The van der Waals surface area contributed by atoms with Gasteiger partial charge in [0, 0.05) is 6.92 Å². The first-order valence-corrected chi connectivity index (χ1v) is 18.4. The second-order valence-electron chi connectivity index (χ2n) is 13.1. The van der Waals surface area contributed by atoms with Crippen LogP contribution in [0.5, 0.6) is 5.75 Å². The van der Waals surface area contributed by atoms with E-state index in [1.807, 2.05) is 84.9 Å². The molecule has 3 aromatic carbocycles. The van der Waals surface area contributed by atoms with Crippen LogP contribution in [0.1, 0.15) is 44.4 Å². The largest absolute Gasteiger partial charge is 0.497 e. The summed E-state index contributed by atoms with van der Waals surface area (Å²) >= 11 is 0. The molecule has 3 aromatic rings. The summed E-state index contributed by atoms with van der Waals surface area (Å²) in [6.07, 6.45) is -5.51. The predicted octanol–water partition coefficient (Wildman–Crippen LogP) is 6.45. The van der Waals surface area contributed by atoms with Crippen molar-refractivity contribution >= 4 is 14.3 Å². The van der Waals surface area contributed by atoms with Crippen molar-refractivity contribution in [2.24, 2.45) is 0 Å². The smallest absolute Gasteiger partial charge is 0.303 e. The molecule has 45 heavy (non-hydrogen) atoms. The van der Waals surface area contributed by atoms with E-state index in [-0.39, 0.29) is 24.9 Å². The second kappa shape index (κ2) is 15.5. The van der Waals surface area contributed by atoms with Crippen molar-refractivity contribution in [3.8, 4) is 5.75 Å². The number of aliphatic hydroxyl groups excluding tert-OH is 1. The number of hydrogen-bond acceptors (Lipinski definition) is 8. The Morgan fingerprint density at radius 1 is 0.689 bits per heavy atom. The van der Waals surface area contributed by atoms with Crippen LogP contribution in [0, 0.1) is 0 Å². The van der Waals surface area contributed by atoms with Crippen molar-refractivity contribution in [1.82, 2.24) is 0 Å². The molecule has 0 radical (unpaired) electrons. The van der Waals surface area contributed by atoms with Crippen LogP contribution >= 0.6 is 0 Å². The summed E-state index contributed by atoms with van der Waals surface area (Å²) in [6.45, 7) is 12.7. The zero-order valence-electron chi connectivity index (χ0n) is 27.5. The summed E-state index contributed by atoms with van der Waals surface area (Å²) in [4.78, 5) is 12.5. The van der Waals surface area contributed by atoms with Crippen LogP contribution in [0.4, 0.5) is 0 Å². The Morgan fingerprint density at radius 3 is 1.58 bits per heavy atom. The zero-order valence-corrected chi connectivity index (χ0v) is 28.5. The molecule has 0 aromatic heterocycles. The molecule has 1 fully saturated rings. The third-order valence-electron chi connectivity index (χ3n) is 8.68. The molecule has 0 amide bonds. The highest BCUT2D eigenvalue weighted by molar-refractivity contribution is 6.74. The highest BCUT2D eigenvalue weighted by Gasteiger charge is 2.57. The van der Waals surface area contributed by atoms with Gasteiger partial charge in [-0.15, -0.1) is 0 Å². The Kier molecular flexibility index (Phi) is 12.0. The molecule has 244 valence electrons. The van der Waals surface area contributed by atoms with Gasteiger partial charge in [-0.2, -0.15) is 0 Å². The molecule has 0 bridgehead atoms. The molecule has 0 saturated heterocycles. The molecule has 0 heterocycles. The number of methoxy groups -OCH3 is 1. The fourth-order valence-corrected chi connectivity index (χ4v) is 6.44. The molecular formula is C36H48O8Si. The molecule has 1 saturated carbocycles. The van der Waals surface area contributed by atoms with Crippen LogP contribution in [-0.2, 0) is 48.0 Å². The molecule has 1 aliphatic rings. The fraction of sp³-hybridized carbons (Fsp3) is 0.472. The van der Waals surface area contributed by atoms with Crippen LogP contribution < -0.4 is 4.74 Å². The lowest BCUT2D eigenvalue weighted by Gasteiger charge is -2.51.